The quantitative estimate of drug-likeness (QED) is 0.647. The lowest BCUT2D eigenvalue weighted by Crippen LogP contribution is -2.25. The van der Waals surface area contributed by atoms with Crippen molar-refractivity contribution in [3.63, 3.8) is 0 Å². The van der Waals surface area contributed by atoms with E-state index in [-0.39, 0.29) is 17.0 Å². The maximum atomic E-state index is 13.0. The number of nitrogens with zero attached hydrogens (tertiary/aromatic N) is 2. The highest BCUT2D eigenvalue weighted by atomic mass is 32.2. The van der Waals surface area contributed by atoms with Crippen LogP contribution < -0.4 is 10.1 Å². The summed E-state index contributed by atoms with van der Waals surface area (Å²) < 4.78 is 18.1. The van der Waals surface area contributed by atoms with Gasteiger partial charge in [-0.3, -0.25) is 4.79 Å². The van der Waals surface area contributed by atoms with E-state index >= 15 is 0 Å². The molecule has 0 saturated carbocycles. The summed E-state index contributed by atoms with van der Waals surface area (Å²) >= 11 is 1.35. The molecule has 0 bridgehead atoms. The van der Waals surface area contributed by atoms with Crippen LogP contribution in [0.4, 0.5) is 4.39 Å². The maximum Gasteiger partial charge on any atom is 0.239 e. The maximum absolute atomic E-state index is 13.0. The fourth-order valence-corrected chi connectivity index (χ4v) is 3.39. The SMILES string of the molecule is COc1ccc(C[C@H]2S/C(=N\N=C(\C)c3ccc(F)cc3)NC2=O)cc1. The number of amides is 1. The molecule has 0 aliphatic carbocycles. The van der Waals surface area contributed by atoms with E-state index in [1.54, 1.807) is 26.2 Å². The van der Waals surface area contributed by atoms with Crippen molar-refractivity contribution in [2.45, 2.75) is 18.6 Å². The lowest BCUT2D eigenvalue weighted by Gasteiger charge is -2.06. The van der Waals surface area contributed by atoms with Gasteiger partial charge in [0.1, 0.15) is 11.6 Å². The van der Waals surface area contributed by atoms with Crippen LogP contribution in [0.3, 0.4) is 0 Å². The van der Waals surface area contributed by atoms with Crippen molar-refractivity contribution >= 4 is 28.5 Å². The predicted octanol–water partition coefficient (Wildman–Crippen LogP) is 3.39. The van der Waals surface area contributed by atoms with Crippen molar-refractivity contribution < 1.29 is 13.9 Å². The van der Waals surface area contributed by atoms with Gasteiger partial charge >= 0.3 is 0 Å². The molecule has 26 heavy (non-hydrogen) atoms. The standard InChI is InChI=1S/C19H18FN3O2S/c1-12(14-5-7-15(20)8-6-14)22-23-19-21-18(24)17(26-19)11-13-3-9-16(25-2)10-4-13/h3-10,17H,11H2,1-2H3,(H,21,23,24)/b22-12-/t17-/m1/s1. The Kier molecular flexibility index (Phi) is 5.68. The normalized spacial score (nSPS) is 18.9. The highest BCUT2D eigenvalue weighted by molar-refractivity contribution is 8.15. The third kappa shape index (κ3) is 4.49. The van der Waals surface area contributed by atoms with Gasteiger partial charge in [-0.15, -0.1) is 5.10 Å². The van der Waals surface area contributed by atoms with Crippen LogP contribution >= 0.6 is 11.8 Å². The van der Waals surface area contributed by atoms with Crippen LogP contribution in [0.2, 0.25) is 0 Å². The van der Waals surface area contributed by atoms with Crippen molar-refractivity contribution in [2.24, 2.45) is 10.2 Å². The number of halogens is 1. The molecule has 2 aromatic rings. The minimum absolute atomic E-state index is 0.0841. The zero-order valence-corrected chi connectivity index (χ0v) is 15.2. The van der Waals surface area contributed by atoms with Crippen LogP contribution in [0.25, 0.3) is 0 Å². The molecule has 1 saturated heterocycles. The van der Waals surface area contributed by atoms with Crippen LogP contribution in [0.5, 0.6) is 5.75 Å². The van der Waals surface area contributed by atoms with Gasteiger partial charge in [0.15, 0.2) is 5.17 Å². The van der Waals surface area contributed by atoms with Crippen molar-refractivity contribution in [1.29, 1.82) is 0 Å². The molecule has 1 N–H and O–H groups in total. The molecule has 3 rings (SSSR count). The van der Waals surface area contributed by atoms with Crippen LogP contribution in [-0.2, 0) is 11.2 Å². The molecular formula is C19H18FN3O2S. The third-order valence-corrected chi connectivity index (χ3v) is 4.98. The van der Waals surface area contributed by atoms with E-state index in [4.69, 9.17) is 4.74 Å². The number of ether oxygens (including phenoxy) is 1. The Balaban J connectivity index is 1.65. The zero-order valence-electron chi connectivity index (χ0n) is 14.4. The van der Waals surface area contributed by atoms with Crippen LogP contribution in [0, 0.1) is 5.82 Å². The largest absolute Gasteiger partial charge is 0.497 e. The van der Waals surface area contributed by atoms with Gasteiger partial charge in [0.25, 0.3) is 0 Å². The first-order valence-electron chi connectivity index (χ1n) is 8.04. The average Bonchev–Trinajstić information content (AvgIpc) is 3.00. The fraction of sp³-hybridized carbons (Fsp3) is 0.211. The number of thioether (sulfide) groups is 1. The van der Waals surface area contributed by atoms with Crippen molar-refractivity contribution in [2.75, 3.05) is 7.11 Å². The van der Waals surface area contributed by atoms with E-state index in [2.05, 4.69) is 15.5 Å². The first-order valence-corrected chi connectivity index (χ1v) is 8.92. The monoisotopic (exact) mass is 371 g/mol. The summed E-state index contributed by atoms with van der Waals surface area (Å²) in [5, 5.41) is 11.2. The Bertz CT molecular complexity index is 848. The number of amidine groups is 1. The Morgan fingerprint density at radius 1 is 1.19 bits per heavy atom. The molecule has 0 aromatic heterocycles. The summed E-state index contributed by atoms with van der Waals surface area (Å²) in [6.45, 7) is 1.79. The van der Waals surface area contributed by atoms with Gasteiger partial charge < -0.3 is 10.1 Å². The summed E-state index contributed by atoms with van der Waals surface area (Å²) in [5.41, 5.74) is 2.47. The number of rotatable bonds is 5. The number of carbonyl (C=O) groups is 1. The topological polar surface area (TPSA) is 63.1 Å². The Hall–Kier alpha value is -2.67. The molecule has 0 spiro atoms. The van der Waals surface area contributed by atoms with Gasteiger partial charge in [-0.25, -0.2) is 4.39 Å². The molecule has 1 fully saturated rings. The lowest BCUT2D eigenvalue weighted by atomic mass is 10.1. The minimum Gasteiger partial charge on any atom is -0.497 e. The number of hydrogen-bond donors (Lipinski definition) is 1. The number of methoxy groups -OCH3 is 1. The highest BCUT2D eigenvalue weighted by Gasteiger charge is 2.30. The zero-order chi connectivity index (χ0) is 18.5. The first kappa shape index (κ1) is 18.1. The van der Waals surface area contributed by atoms with E-state index in [9.17, 15) is 9.18 Å². The number of hydrogen-bond acceptors (Lipinski definition) is 5. The minimum atomic E-state index is -0.298. The molecule has 5 nitrogen and oxygen atoms in total. The van der Waals surface area contributed by atoms with E-state index in [0.717, 1.165) is 16.9 Å². The lowest BCUT2D eigenvalue weighted by molar-refractivity contribution is -0.118. The molecule has 1 heterocycles. The number of benzene rings is 2. The second-order valence-corrected chi connectivity index (χ2v) is 6.94. The summed E-state index contributed by atoms with van der Waals surface area (Å²) in [6.07, 6.45) is 0.597. The van der Waals surface area contributed by atoms with Gasteiger partial charge in [-0.1, -0.05) is 36.0 Å². The summed E-state index contributed by atoms with van der Waals surface area (Å²) in [5.74, 6) is 0.400. The van der Waals surface area contributed by atoms with Crippen LogP contribution in [0.1, 0.15) is 18.1 Å². The molecule has 1 aliphatic heterocycles. The predicted molar refractivity (Wildman–Crippen MR) is 102 cm³/mol. The van der Waals surface area contributed by atoms with Gasteiger partial charge in [-0.05, 0) is 48.7 Å². The van der Waals surface area contributed by atoms with Crippen molar-refractivity contribution in [3.05, 3.63) is 65.5 Å². The molecule has 0 radical (unpaired) electrons. The van der Waals surface area contributed by atoms with E-state index in [0.29, 0.717) is 17.3 Å². The van der Waals surface area contributed by atoms with Crippen LogP contribution in [0.15, 0.2) is 58.7 Å². The second kappa shape index (κ2) is 8.14. The molecule has 134 valence electrons. The summed E-state index contributed by atoms with van der Waals surface area (Å²) in [4.78, 5) is 12.1. The van der Waals surface area contributed by atoms with Gasteiger partial charge in [0.05, 0.1) is 18.1 Å². The van der Waals surface area contributed by atoms with Gasteiger partial charge in [0.2, 0.25) is 5.91 Å². The van der Waals surface area contributed by atoms with Gasteiger partial charge in [0, 0.05) is 0 Å². The Morgan fingerprint density at radius 2 is 1.88 bits per heavy atom. The second-order valence-electron chi connectivity index (χ2n) is 5.75. The van der Waals surface area contributed by atoms with E-state index in [1.807, 2.05) is 24.3 Å². The van der Waals surface area contributed by atoms with Crippen molar-refractivity contribution in [1.82, 2.24) is 5.32 Å². The molecule has 2 aromatic carbocycles. The number of carbonyl (C=O) groups excluding carboxylic acids is 1. The summed E-state index contributed by atoms with van der Waals surface area (Å²) in [7, 11) is 1.62. The third-order valence-electron chi connectivity index (χ3n) is 3.91. The average molecular weight is 371 g/mol. The van der Waals surface area contributed by atoms with Crippen molar-refractivity contribution in [3.8, 4) is 5.75 Å². The molecule has 0 unspecified atom stereocenters. The van der Waals surface area contributed by atoms with Crippen LogP contribution in [-0.4, -0.2) is 29.1 Å². The Morgan fingerprint density at radius 3 is 2.54 bits per heavy atom. The molecular weight excluding hydrogens is 353 g/mol. The molecule has 1 atom stereocenters. The smallest absolute Gasteiger partial charge is 0.239 e. The molecule has 1 aliphatic rings. The van der Waals surface area contributed by atoms with E-state index < -0.39 is 0 Å². The first-order chi connectivity index (χ1) is 12.5. The summed E-state index contributed by atoms with van der Waals surface area (Å²) in [6, 6.07) is 13.7. The van der Waals surface area contributed by atoms with Gasteiger partial charge in [-0.2, -0.15) is 5.10 Å². The van der Waals surface area contributed by atoms with E-state index in [1.165, 1.54) is 23.9 Å². The Labute approximate surface area is 155 Å². The molecule has 1 amide bonds. The fourth-order valence-electron chi connectivity index (χ4n) is 2.43. The molecule has 7 heteroatoms. The number of nitrogens with one attached hydrogen (secondary N) is 1. The highest BCUT2D eigenvalue weighted by Crippen LogP contribution is 2.24.